The monoisotopic (exact) mass is 324 g/mol. The fourth-order valence-corrected chi connectivity index (χ4v) is 4.55. The van der Waals surface area contributed by atoms with E-state index in [-0.39, 0.29) is 12.8 Å². The van der Waals surface area contributed by atoms with Crippen LogP contribution in [-0.4, -0.2) is 22.2 Å². The Morgan fingerprint density at radius 3 is 1.62 bits per heavy atom. The average Bonchev–Trinajstić information content (AvgIpc) is 3.12. The quantitative estimate of drug-likeness (QED) is 0.774. The van der Waals surface area contributed by atoms with Gasteiger partial charge >= 0.3 is 11.9 Å². The highest BCUT2D eigenvalue weighted by Crippen LogP contribution is 2.45. The summed E-state index contributed by atoms with van der Waals surface area (Å²) in [5.74, 6) is -1.72. The molecule has 0 atom stereocenters. The van der Waals surface area contributed by atoms with E-state index in [1.807, 2.05) is 35.0 Å². The van der Waals surface area contributed by atoms with Gasteiger partial charge in [0.15, 0.2) is 0 Å². The van der Waals surface area contributed by atoms with Gasteiger partial charge in [0.05, 0.1) is 0 Å². The van der Waals surface area contributed by atoms with E-state index in [0.717, 1.165) is 9.75 Å². The average molecular weight is 324 g/mol. The Labute approximate surface area is 130 Å². The zero-order chi connectivity index (χ0) is 15.3. The van der Waals surface area contributed by atoms with Crippen LogP contribution in [0.4, 0.5) is 0 Å². The third-order valence-electron chi connectivity index (χ3n) is 3.52. The maximum Gasteiger partial charge on any atom is 0.303 e. The standard InChI is InChI=1S/C15H16O4S2/c16-13(17)5-7-15(8-6-14(18)19,11-3-1-9-20-11)12-4-2-10-21-12/h1-4,9-10H,5-8H2,(H,16,17)(H,18,19). The van der Waals surface area contributed by atoms with E-state index in [1.54, 1.807) is 22.7 Å². The first-order valence-electron chi connectivity index (χ1n) is 6.56. The van der Waals surface area contributed by atoms with Crippen LogP contribution in [0, 0.1) is 0 Å². The third kappa shape index (κ3) is 3.71. The van der Waals surface area contributed by atoms with E-state index < -0.39 is 17.4 Å². The molecule has 0 aliphatic heterocycles. The van der Waals surface area contributed by atoms with Crippen LogP contribution in [0.5, 0.6) is 0 Å². The van der Waals surface area contributed by atoms with E-state index in [2.05, 4.69) is 0 Å². The highest BCUT2D eigenvalue weighted by molar-refractivity contribution is 7.11. The molecule has 0 fully saturated rings. The lowest BCUT2D eigenvalue weighted by Gasteiger charge is -2.31. The van der Waals surface area contributed by atoms with Gasteiger partial charge in [-0.3, -0.25) is 9.59 Å². The van der Waals surface area contributed by atoms with E-state index in [4.69, 9.17) is 10.2 Å². The first-order valence-corrected chi connectivity index (χ1v) is 8.32. The molecule has 2 aromatic heterocycles. The lowest BCUT2D eigenvalue weighted by atomic mass is 9.76. The molecule has 6 heteroatoms. The molecule has 0 saturated carbocycles. The highest BCUT2D eigenvalue weighted by Gasteiger charge is 2.37. The Morgan fingerprint density at radius 2 is 1.33 bits per heavy atom. The number of carbonyl (C=O) groups is 2. The van der Waals surface area contributed by atoms with Crippen LogP contribution in [0.15, 0.2) is 35.0 Å². The van der Waals surface area contributed by atoms with Gasteiger partial charge in [-0.05, 0) is 35.7 Å². The normalized spacial score (nSPS) is 11.4. The van der Waals surface area contributed by atoms with Crippen molar-refractivity contribution >= 4 is 34.6 Å². The Balaban J connectivity index is 2.41. The van der Waals surface area contributed by atoms with Crippen molar-refractivity contribution in [2.45, 2.75) is 31.1 Å². The van der Waals surface area contributed by atoms with E-state index in [1.165, 1.54) is 0 Å². The molecule has 2 rings (SSSR count). The zero-order valence-electron chi connectivity index (χ0n) is 11.3. The van der Waals surface area contributed by atoms with Crippen molar-refractivity contribution in [1.82, 2.24) is 0 Å². The van der Waals surface area contributed by atoms with Crippen LogP contribution in [0.3, 0.4) is 0 Å². The minimum Gasteiger partial charge on any atom is -0.481 e. The van der Waals surface area contributed by atoms with Crippen LogP contribution in [0.25, 0.3) is 0 Å². The molecule has 2 aromatic rings. The van der Waals surface area contributed by atoms with Gasteiger partial charge in [-0.2, -0.15) is 0 Å². The summed E-state index contributed by atoms with van der Waals surface area (Å²) >= 11 is 3.10. The molecule has 0 bridgehead atoms. The van der Waals surface area contributed by atoms with Crippen molar-refractivity contribution in [2.75, 3.05) is 0 Å². The predicted octanol–water partition coefficient (Wildman–Crippen LogP) is 3.83. The molecule has 112 valence electrons. The van der Waals surface area contributed by atoms with Gasteiger partial charge < -0.3 is 10.2 Å². The van der Waals surface area contributed by atoms with Crippen molar-refractivity contribution < 1.29 is 19.8 Å². The van der Waals surface area contributed by atoms with Gasteiger partial charge in [0.2, 0.25) is 0 Å². The van der Waals surface area contributed by atoms with Crippen LogP contribution in [0.2, 0.25) is 0 Å². The minimum atomic E-state index is -0.859. The van der Waals surface area contributed by atoms with E-state index in [0.29, 0.717) is 12.8 Å². The van der Waals surface area contributed by atoms with Gasteiger partial charge in [-0.1, -0.05) is 12.1 Å². The molecular weight excluding hydrogens is 308 g/mol. The summed E-state index contributed by atoms with van der Waals surface area (Å²) < 4.78 is 0. The number of rotatable bonds is 8. The van der Waals surface area contributed by atoms with Crippen molar-refractivity contribution in [1.29, 1.82) is 0 Å². The molecule has 0 unspecified atom stereocenters. The van der Waals surface area contributed by atoms with Crippen molar-refractivity contribution in [3.8, 4) is 0 Å². The summed E-state index contributed by atoms with van der Waals surface area (Å²) in [7, 11) is 0. The van der Waals surface area contributed by atoms with Gasteiger partial charge in [0.1, 0.15) is 0 Å². The Bertz CT molecular complexity index is 533. The van der Waals surface area contributed by atoms with Gasteiger partial charge in [-0.15, -0.1) is 22.7 Å². The molecule has 0 spiro atoms. The first kappa shape index (κ1) is 15.7. The van der Waals surface area contributed by atoms with Gasteiger partial charge in [-0.25, -0.2) is 0 Å². The summed E-state index contributed by atoms with van der Waals surface area (Å²) in [6, 6.07) is 7.77. The first-order chi connectivity index (χ1) is 10.0. The third-order valence-corrected chi connectivity index (χ3v) is 5.66. The second-order valence-electron chi connectivity index (χ2n) is 4.82. The molecule has 0 amide bonds. The molecule has 2 heterocycles. The van der Waals surface area contributed by atoms with Crippen molar-refractivity contribution in [2.24, 2.45) is 0 Å². The molecule has 0 aliphatic carbocycles. The summed E-state index contributed by atoms with van der Waals surface area (Å²) in [5, 5.41) is 22.0. The molecule has 21 heavy (non-hydrogen) atoms. The maximum atomic E-state index is 11.0. The zero-order valence-corrected chi connectivity index (χ0v) is 13.0. The van der Waals surface area contributed by atoms with Crippen LogP contribution >= 0.6 is 22.7 Å². The Morgan fingerprint density at radius 1 is 0.905 bits per heavy atom. The van der Waals surface area contributed by atoms with Gasteiger partial charge in [0.25, 0.3) is 0 Å². The number of hydrogen-bond acceptors (Lipinski definition) is 4. The van der Waals surface area contributed by atoms with Crippen molar-refractivity contribution in [3.63, 3.8) is 0 Å². The minimum absolute atomic E-state index is 0.0232. The van der Waals surface area contributed by atoms with Gasteiger partial charge in [0, 0.05) is 28.0 Å². The SMILES string of the molecule is O=C(O)CCC(CCC(=O)O)(c1cccs1)c1cccs1. The topological polar surface area (TPSA) is 74.6 Å². The summed E-state index contributed by atoms with van der Waals surface area (Å²) in [4.78, 5) is 24.1. The summed E-state index contributed by atoms with van der Waals surface area (Å²) in [6.45, 7) is 0. The van der Waals surface area contributed by atoms with E-state index >= 15 is 0 Å². The fraction of sp³-hybridized carbons (Fsp3) is 0.333. The molecule has 2 N–H and O–H groups in total. The Hall–Kier alpha value is -1.66. The summed E-state index contributed by atoms with van der Waals surface area (Å²) in [5.41, 5.74) is -0.515. The molecular formula is C15H16O4S2. The molecule has 0 radical (unpaired) electrons. The van der Waals surface area contributed by atoms with Crippen LogP contribution < -0.4 is 0 Å². The smallest absolute Gasteiger partial charge is 0.303 e. The molecule has 0 aliphatic rings. The van der Waals surface area contributed by atoms with Crippen molar-refractivity contribution in [3.05, 3.63) is 44.8 Å². The number of carboxylic acids is 2. The molecule has 4 nitrogen and oxygen atoms in total. The van der Waals surface area contributed by atoms with Crippen LogP contribution in [-0.2, 0) is 15.0 Å². The Kier molecular flexibility index (Phi) is 5.14. The maximum absolute atomic E-state index is 11.0. The fourth-order valence-electron chi connectivity index (χ4n) is 2.48. The molecule has 0 aromatic carbocycles. The lowest BCUT2D eigenvalue weighted by molar-refractivity contribution is -0.137. The second-order valence-corrected chi connectivity index (χ2v) is 6.72. The van der Waals surface area contributed by atoms with E-state index in [9.17, 15) is 9.59 Å². The lowest BCUT2D eigenvalue weighted by Crippen LogP contribution is -2.28. The number of carboxylic acid groups (broad SMARTS) is 2. The number of thiophene rings is 2. The predicted molar refractivity (Wildman–Crippen MR) is 83.2 cm³/mol. The summed E-state index contributed by atoms with van der Waals surface area (Å²) in [6.07, 6.45) is 0.873. The van der Waals surface area contributed by atoms with Crippen LogP contribution in [0.1, 0.15) is 35.4 Å². The molecule has 0 saturated heterocycles. The number of hydrogen-bond donors (Lipinski definition) is 2. The highest BCUT2D eigenvalue weighted by atomic mass is 32.1. The number of aliphatic carboxylic acids is 2. The second kappa shape index (κ2) is 6.87. The largest absolute Gasteiger partial charge is 0.481 e.